The SMILES string of the molecule is N#Cc1c(CNS(=O)(=O)c2ccc(F)cc2)nn(-c2ccc(Cl)cc2Cl)c1-c1ccc(Cl)cc1. The molecule has 0 radical (unpaired) electrons. The molecule has 3 aromatic carbocycles. The van der Waals surface area contributed by atoms with Crippen molar-refractivity contribution < 1.29 is 12.8 Å². The van der Waals surface area contributed by atoms with Crippen LogP contribution >= 0.6 is 34.8 Å². The van der Waals surface area contributed by atoms with E-state index in [1.807, 2.05) is 0 Å². The normalized spacial score (nSPS) is 11.4. The van der Waals surface area contributed by atoms with Gasteiger partial charge in [-0.1, -0.05) is 46.9 Å². The number of hydrogen-bond donors (Lipinski definition) is 1. The molecule has 1 aromatic heterocycles. The van der Waals surface area contributed by atoms with E-state index in [0.717, 1.165) is 24.3 Å². The Labute approximate surface area is 210 Å². The van der Waals surface area contributed by atoms with Crippen LogP contribution in [-0.2, 0) is 16.6 Å². The van der Waals surface area contributed by atoms with Crippen LogP contribution in [0.5, 0.6) is 0 Å². The van der Waals surface area contributed by atoms with Gasteiger partial charge in [0.15, 0.2) is 0 Å². The van der Waals surface area contributed by atoms with E-state index in [1.54, 1.807) is 36.4 Å². The summed E-state index contributed by atoms with van der Waals surface area (Å²) in [5.41, 5.74) is 1.78. The van der Waals surface area contributed by atoms with Crippen LogP contribution in [0.25, 0.3) is 16.9 Å². The molecule has 34 heavy (non-hydrogen) atoms. The van der Waals surface area contributed by atoms with Crippen LogP contribution in [0.3, 0.4) is 0 Å². The minimum absolute atomic E-state index is 0.120. The highest BCUT2D eigenvalue weighted by molar-refractivity contribution is 7.89. The van der Waals surface area contributed by atoms with Crippen LogP contribution in [0.4, 0.5) is 4.39 Å². The van der Waals surface area contributed by atoms with Crippen molar-refractivity contribution in [3.63, 3.8) is 0 Å². The second-order valence-electron chi connectivity index (χ2n) is 7.08. The fraction of sp³-hybridized carbons (Fsp3) is 0.0435. The van der Waals surface area contributed by atoms with Crippen LogP contribution in [0.15, 0.2) is 71.6 Å². The highest BCUT2D eigenvalue weighted by Gasteiger charge is 2.23. The molecular formula is C23H14Cl3FN4O2S. The van der Waals surface area contributed by atoms with Gasteiger partial charge in [0.2, 0.25) is 10.0 Å². The standard InChI is InChI=1S/C23H14Cl3FN4O2S/c24-15-3-1-14(2-4-15)23-19(12-28)21(30-31(23)22-10-5-16(25)11-20(22)26)13-29-34(32,33)18-8-6-17(27)7-9-18/h1-11,29H,13H2. The third-order valence-corrected chi connectivity index (χ3v) is 7.09. The van der Waals surface area contributed by atoms with E-state index >= 15 is 0 Å². The lowest BCUT2D eigenvalue weighted by Crippen LogP contribution is -2.24. The largest absolute Gasteiger partial charge is 0.240 e. The minimum Gasteiger partial charge on any atom is -0.230 e. The summed E-state index contributed by atoms with van der Waals surface area (Å²) in [6, 6.07) is 18.1. The lowest BCUT2D eigenvalue weighted by molar-refractivity contribution is 0.579. The number of nitrogens with zero attached hydrogens (tertiary/aromatic N) is 3. The molecule has 11 heteroatoms. The number of nitriles is 1. The predicted octanol–water partition coefficient (Wildman–Crippen LogP) is 5.99. The van der Waals surface area contributed by atoms with E-state index in [-0.39, 0.29) is 27.7 Å². The van der Waals surface area contributed by atoms with Crippen LogP contribution in [0.1, 0.15) is 11.3 Å². The molecule has 0 aliphatic rings. The number of nitrogens with one attached hydrogen (secondary N) is 1. The van der Waals surface area contributed by atoms with Crippen molar-refractivity contribution in [1.82, 2.24) is 14.5 Å². The zero-order valence-corrected chi connectivity index (χ0v) is 20.2. The molecule has 4 rings (SSSR count). The van der Waals surface area contributed by atoms with E-state index < -0.39 is 15.8 Å². The molecule has 0 aliphatic heterocycles. The molecule has 0 saturated carbocycles. The number of benzene rings is 3. The van der Waals surface area contributed by atoms with Gasteiger partial charge in [0.1, 0.15) is 17.4 Å². The summed E-state index contributed by atoms with van der Waals surface area (Å²) in [5, 5.41) is 15.7. The van der Waals surface area contributed by atoms with Crippen molar-refractivity contribution in [1.29, 1.82) is 5.26 Å². The molecule has 0 bridgehead atoms. The molecule has 4 aromatic rings. The van der Waals surface area contributed by atoms with Crippen LogP contribution in [0, 0.1) is 17.1 Å². The molecule has 0 saturated heterocycles. The summed E-state index contributed by atoms with van der Waals surface area (Å²) in [6.45, 7) is -0.290. The molecule has 1 N–H and O–H groups in total. The zero-order chi connectivity index (χ0) is 24.5. The maximum atomic E-state index is 13.2. The maximum absolute atomic E-state index is 13.2. The maximum Gasteiger partial charge on any atom is 0.240 e. The predicted molar refractivity (Wildman–Crippen MR) is 129 cm³/mol. The smallest absolute Gasteiger partial charge is 0.230 e. The highest BCUT2D eigenvalue weighted by Crippen LogP contribution is 2.33. The fourth-order valence-corrected chi connectivity index (χ4v) is 4.87. The van der Waals surface area contributed by atoms with Crippen molar-refractivity contribution in [3.8, 4) is 23.0 Å². The lowest BCUT2D eigenvalue weighted by atomic mass is 10.1. The Morgan fingerprint density at radius 2 is 1.62 bits per heavy atom. The third-order valence-electron chi connectivity index (χ3n) is 4.88. The van der Waals surface area contributed by atoms with Crippen LogP contribution in [0.2, 0.25) is 15.1 Å². The van der Waals surface area contributed by atoms with Gasteiger partial charge >= 0.3 is 0 Å². The van der Waals surface area contributed by atoms with Crippen LogP contribution < -0.4 is 4.72 Å². The highest BCUT2D eigenvalue weighted by atomic mass is 35.5. The average molecular weight is 536 g/mol. The quantitative estimate of drug-likeness (QED) is 0.329. The summed E-state index contributed by atoms with van der Waals surface area (Å²) < 4.78 is 42.4. The van der Waals surface area contributed by atoms with Gasteiger partial charge in [0.05, 0.1) is 33.5 Å². The average Bonchev–Trinajstić information content (AvgIpc) is 3.17. The van der Waals surface area contributed by atoms with E-state index in [1.165, 1.54) is 10.7 Å². The number of aromatic nitrogens is 2. The molecule has 0 amide bonds. The number of halogens is 4. The Bertz CT molecular complexity index is 1510. The molecular weight excluding hydrogens is 522 g/mol. The zero-order valence-electron chi connectivity index (χ0n) is 17.1. The second-order valence-corrected chi connectivity index (χ2v) is 10.1. The first-order valence-electron chi connectivity index (χ1n) is 9.68. The molecule has 0 unspecified atom stereocenters. The number of hydrogen-bond acceptors (Lipinski definition) is 4. The summed E-state index contributed by atoms with van der Waals surface area (Å²) in [7, 11) is -3.99. The van der Waals surface area contributed by atoms with E-state index in [9.17, 15) is 18.1 Å². The molecule has 6 nitrogen and oxygen atoms in total. The first kappa shape index (κ1) is 24.2. The summed E-state index contributed by atoms with van der Waals surface area (Å²) >= 11 is 18.5. The Morgan fingerprint density at radius 3 is 2.24 bits per heavy atom. The number of sulfonamides is 1. The molecule has 0 aliphatic carbocycles. The Hall–Kier alpha value is -2.93. The van der Waals surface area contributed by atoms with Gasteiger partial charge in [-0.25, -0.2) is 22.2 Å². The van der Waals surface area contributed by atoms with Crippen LogP contribution in [-0.4, -0.2) is 18.2 Å². The van der Waals surface area contributed by atoms with Gasteiger partial charge in [0, 0.05) is 15.6 Å². The van der Waals surface area contributed by atoms with Crippen molar-refractivity contribution in [3.05, 3.63) is 98.9 Å². The Kier molecular flexibility index (Phi) is 6.94. The second kappa shape index (κ2) is 9.74. The van der Waals surface area contributed by atoms with Gasteiger partial charge in [-0.05, 0) is 54.6 Å². The lowest BCUT2D eigenvalue weighted by Gasteiger charge is -2.10. The summed E-state index contributed by atoms with van der Waals surface area (Å²) in [6.07, 6.45) is 0. The monoisotopic (exact) mass is 534 g/mol. The molecule has 1 heterocycles. The van der Waals surface area contributed by atoms with Gasteiger partial charge in [-0.15, -0.1) is 0 Å². The van der Waals surface area contributed by atoms with Crippen molar-refractivity contribution >= 4 is 44.8 Å². The van der Waals surface area contributed by atoms with Gasteiger partial charge in [0.25, 0.3) is 0 Å². The summed E-state index contributed by atoms with van der Waals surface area (Å²) in [4.78, 5) is -0.120. The Balaban J connectivity index is 1.81. The van der Waals surface area contributed by atoms with Gasteiger partial charge in [-0.3, -0.25) is 0 Å². The fourth-order valence-electron chi connectivity index (χ4n) is 3.27. The van der Waals surface area contributed by atoms with Gasteiger partial charge < -0.3 is 0 Å². The minimum atomic E-state index is -3.99. The van der Waals surface area contributed by atoms with Crippen molar-refractivity contribution in [2.45, 2.75) is 11.4 Å². The summed E-state index contributed by atoms with van der Waals surface area (Å²) in [5.74, 6) is -0.558. The van der Waals surface area contributed by atoms with E-state index in [4.69, 9.17) is 34.8 Å². The van der Waals surface area contributed by atoms with Gasteiger partial charge in [-0.2, -0.15) is 10.4 Å². The van der Waals surface area contributed by atoms with E-state index in [2.05, 4.69) is 15.9 Å². The van der Waals surface area contributed by atoms with Crippen molar-refractivity contribution in [2.24, 2.45) is 0 Å². The van der Waals surface area contributed by atoms with Crippen molar-refractivity contribution in [2.75, 3.05) is 0 Å². The number of rotatable bonds is 6. The first-order chi connectivity index (χ1) is 16.2. The first-order valence-corrected chi connectivity index (χ1v) is 12.3. The topological polar surface area (TPSA) is 87.8 Å². The molecule has 0 fully saturated rings. The van der Waals surface area contributed by atoms with E-state index in [0.29, 0.717) is 27.0 Å². The molecule has 0 atom stereocenters. The third kappa shape index (κ3) is 4.94. The molecule has 172 valence electrons. The molecule has 0 spiro atoms. The Morgan fingerprint density at radius 1 is 0.971 bits per heavy atom.